The highest BCUT2D eigenvalue weighted by Gasteiger charge is 2.11. The number of nitrogens with zero attached hydrogens (tertiary/aromatic N) is 1. The van der Waals surface area contributed by atoms with E-state index in [-0.39, 0.29) is 0 Å². The van der Waals surface area contributed by atoms with Crippen LogP contribution in [0.15, 0.2) is 144 Å². The maximum absolute atomic E-state index is 6.03. The second-order valence-corrected chi connectivity index (χ2v) is 10.0. The first-order chi connectivity index (χ1) is 19.3. The second-order valence-electron chi connectivity index (χ2n) is 10.0. The van der Waals surface area contributed by atoms with Crippen LogP contribution in [-0.2, 0) is 0 Å². The van der Waals surface area contributed by atoms with Gasteiger partial charge in [0.2, 0.25) is 5.71 Å². The first-order valence-electron chi connectivity index (χ1n) is 13.2. The minimum atomic E-state index is 0.663. The van der Waals surface area contributed by atoms with E-state index in [1.54, 1.807) is 6.20 Å². The van der Waals surface area contributed by atoms with Gasteiger partial charge in [-0.25, -0.2) is 4.98 Å². The van der Waals surface area contributed by atoms with Crippen molar-refractivity contribution in [1.82, 2.24) is 4.98 Å². The van der Waals surface area contributed by atoms with Crippen molar-refractivity contribution in [2.75, 3.05) is 0 Å². The van der Waals surface area contributed by atoms with Gasteiger partial charge in [0, 0.05) is 17.1 Å². The van der Waals surface area contributed by atoms with Crippen molar-refractivity contribution in [1.29, 1.82) is 0 Å². The highest BCUT2D eigenvalue weighted by molar-refractivity contribution is 6.25. The molecule has 0 unspecified atom stereocenters. The van der Waals surface area contributed by atoms with Crippen molar-refractivity contribution < 1.29 is 4.42 Å². The zero-order chi connectivity index (χ0) is 25.8. The molecule has 0 radical (unpaired) electrons. The van der Waals surface area contributed by atoms with Gasteiger partial charge in [0.15, 0.2) is 0 Å². The van der Waals surface area contributed by atoms with Crippen LogP contribution in [0.2, 0.25) is 0 Å². The van der Waals surface area contributed by atoms with Gasteiger partial charge in [0.1, 0.15) is 5.76 Å². The fourth-order valence-corrected chi connectivity index (χ4v) is 5.83. The topological polar surface area (TPSA) is 26.0 Å². The van der Waals surface area contributed by atoms with E-state index < -0.39 is 0 Å². The first kappa shape index (κ1) is 21.8. The van der Waals surface area contributed by atoms with Gasteiger partial charge in [-0.3, -0.25) is 0 Å². The predicted octanol–water partition coefficient (Wildman–Crippen LogP) is 10.3. The van der Waals surface area contributed by atoms with Gasteiger partial charge in [-0.1, -0.05) is 97.1 Å². The van der Waals surface area contributed by atoms with E-state index in [4.69, 9.17) is 4.42 Å². The SMILES string of the molecule is c1cc(-c2cccc(-c3cc4cccnc4o3)c2)cc(-c2ccc3c4ccccc4c4ccccc4c3c2)c1. The number of hydrogen-bond acceptors (Lipinski definition) is 2. The average Bonchev–Trinajstić information content (AvgIpc) is 3.46. The molecule has 2 aromatic heterocycles. The number of pyridine rings is 1. The monoisotopic (exact) mass is 497 g/mol. The molecule has 0 aliphatic carbocycles. The van der Waals surface area contributed by atoms with Crippen molar-refractivity contribution >= 4 is 43.4 Å². The molecule has 182 valence electrons. The van der Waals surface area contributed by atoms with Crippen LogP contribution >= 0.6 is 0 Å². The van der Waals surface area contributed by atoms with Crippen molar-refractivity contribution in [3.05, 3.63) is 140 Å². The molecule has 0 saturated heterocycles. The fraction of sp³-hybridized carbons (Fsp3) is 0. The van der Waals surface area contributed by atoms with Crippen LogP contribution in [-0.4, -0.2) is 4.98 Å². The minimum absolute atomic E-state index is 0.663. The van der Waals surface area contributed by atoms with E-state index in [0.29, 0.717) is 5.71 Å². The summed E-state index contributed by atoms with van der Waals surface area (Å²) in [6, 6.07) is 47.7. The summed E-state index contributed by atoms with van der Waals surface area (Å²) in [5, 5.41) is 8.77. The van der Waals surface area contributed by atoms with Crippen molar-refractivity contribution in [3.8, 4) is 33.6 Å². The lowest BCUT2D eigenvalue weighted by Gasteiger charge is -2.12. The Labute approximate surface area is 225 Å². The largest absolute Gasteiger partial charge is 0.438 e. The lowest BCUT2D eigenvalue weighted by Crippen LogP contribution is -1.86. The first-order valence-corrected chi connectivity index (χ1v) is 13.2. The van der Waals surface area contributed by atoms with Gasteiger partial charge in [-0.05, 0) is 91.0 Å². The van der Waals surface area contributed by atoms with Crippen LogP contribution in [0.5, 0.6) is 0 Å². The molecular weight excluding hydrogens is 474 g/mol. The van der Waals surface area contributed by atoms with Crippen LogP contribution in [0, 0.1) is 0 Å². The molecule has 2 heteroatoms. The molecule has 0 aliphatic rings. The van der Waals surface area contributed by atoms with E-state index in [0.717, 1.165) is 22.3 Å². The molecule has 0 N–H and O–H groups in total. The number of furan rings is 1. The third-order valence-electron chi connectivity index (χ3n) is 7.71. The van der Waals surface area contributed by atoms with Gasteiger partial charge in [0.25, 0.3) is 0 Å². The van der Waals surface area contributed by atoms with E-state index in [2.05, 4.69) is 126 Å². The summed E-state index contributed by atoms with van der Waals surface area (Å²) in [5.41, 5.74) is 6.44. The summed E-state index contributed by atoms with van der Waals surface area (Å²) in [6.45, 7) is 0. The molecule has 0 bridgehead atoms. The lowest BCUT2D eigenvalue weighted by atomic mass is 9.91. The van der Waals surface area contributed by atoms with Crippen LogP contribution < -0.4 is 0 Å². The zero-order valence-electron chi connectivity index (χ0n) is 21.1. The van der Waals surface area contributed by atoms with Gasteiger partial charge in [-0.15, -0.1) is 0 Å². The molecule has 2 nitrogen and oxygen atoms in total. The molecule has 0 fully saturated rings. The Kier molecular flexibility index (Phi) is 4.86. The van der Waals surface area contributed by atoms with Crippen LogP contribution in [0.1, 0.15) is 0 Å². The molecule has 0 saturated carbocycles. The maximum Gasteiger partial charge on any atom is 0.226 e. The number of hydrogen-bond donors (Lipinski definition) is 0. The number of benzene rings is 6. The summed E-state index contributed by atoms with van der Waals surface area (Å²) >= 11 is 0. The summed E-state index contributed by atoms with van der Waals surface area (Å²) in [6.07, 6.45) is 1.76. The Morgan fingerprint density at radius 3 is 1.56 bits per heavy atom. The van der Waals surface area contributed by atoms with Crippen molar-refractivity contribution in [2.24, 2.45) is 0 Å². The Morgan fingerprint density at radius 1 is 0.385 bits per heavy atom. The third-order valence-corrected chi connectivity index (χ3v) is 7.71. The molecule has 0 aliphatic heterocycles. The molecule has 0 amide bonds. The summed E-state index contributed by atoms with van der Waals surface area (Å²) in [4.78, 5) is 4.34. The third kappa shape index (κ3) is 3.61. The van der Waals surface area contributed by atoms with Gasteiger partial charge >= 0.3 is 0 Å². The highest BCUT2D eigenvalue weighted by atomic mass is 16.3. The normalized spacial score (nSPS) is 11.6. The zero-order valence-corrected chi connectivity index (χ0v) is 21.1. The Balaban J connectivity index is 1.24. The summed E-state index contributed by atoms with van der Waals surface area (Å²) in [5.74, 6) is 0.829. The predicted molar refractivity (Wildman–Crippen MR) is 163 cm³/mol. The standard InChI is InChI=1S/C37H23NO/c1-2-15-32-30(13-1)31-14-3-4-16-33(31)35-22-27(17-18-34(32)35)25-9-5-8-24(20-25)26-10-6-11-28(21-26)36-23-29-12-7-19-38-37(29)39-36/h1-23H. The van der Waals surface area contributed by atoms with Gasteiger partial charge in [0.05, 0.1) is 0 Å². The van der Waals surface area contributed by atoms with Crippen LogP contribution in [0.3, 0.4) is 0 Å². The Bertz CT molecular complexity index is 2120. The number of fused-ring (bicyclic) bond motifs is 7. The molecule has 8 aromatic rings. The molecule has 39 heavy (non-hydrogen) atoms. The summed E-state index contributed by atoms with van der Waals surface area (Å²) < 4.78 is 6.03. The quantitative estimate of drug-likeness (QED) is 0.227. The molecule has 6 aromatic carbocycles. The Morgan fingerprint density at radius 2 is 0.923 bits per heavy atom. The average molecular weight is 498 g/mol. The molecule has 0 atom stereocenters. The minimum Gasteiger partial charge on any atom is -0.438 e. The lowest BCUT2D eigenvalue weighted by molar-refractivity contribution is 0.618. The van der Waals surface area contributed by atoms with Crippen LogP contribution in [0.25, 0.3) is 77.0 Å². The maximum atomic E-state index is 6.03. The number of aromatic nitrogens is 1. The van der Waals surface area contributed by atoms with Gasteiger partial charge in [-0.2, -0.15) is 0 Å². The molecular formula is C37H23NO. The van der Waals surface area contributed by atoms with E-state index in [9.17, 15) is 0 Å². The Hall–Kier alpha value is -5.21. The van der Waals surface area contributed by atoms with Crippen LogP contribution in [0.4, 0.5) is 0 Å². The molecule has 8 rings (SSSR count). The molecule has 0 spiro atoms. The van der Waals surface area contributed by atoms with E-state index in [1.807, 2.05) is 12.1 Å². The molecule has 2 heterocycles. The van der Waals surface area contributed by atoms with Crippen molar-refractivity contribution in [2.45, 2.75) is 0 Å². The van der Waals surface area contributed by atoms with Crippen molar-refractivity contribution in [3.63, 3.8) is 0 Å². The smallest absolute Gasteiger partial charge is 0.226 e. The fourth-order valence-electron chi connectivity index (χ4n) is 5.83. The second kappa shape index (κ2) is 8.68. The highest BCUT2D eigenvalue weighted by Crippen LogP contribution is 2.38. The summed E-state index contributed by atoms with van der Waals surface area (Å²) in [7, 11) is 0. The van der Waals surface area contributed by atoms with Gasteiger partial charge < -0.3 is 4.42 Å². The van der Waals surface area contributed by atoms with E-state index >= 15 is 0 Å². The van der Waals surface area contributed by atoms with E-state index in [1.165, 1.54) is 49.0 Å². The number of rotatable bonds is 3.